The van der Waals surface area contributed by atoms with E-state index in [0.29, 0.717) is 6.10 Å². The fraction of sp³-hybridized carbons (Fsp3) is 0.571. The Morgan fingerprint density at radius 2 is 1.81 bits per heavy atom. The highest BCUT2D eigenvalue weighted by molar-refractivity contribution is 6.70. The first kappa shape index (κ1) is 13.5. The van der Waals surface area contributed by atoms with Crippen LogP contribution in [0.4, 0.5) is 0 Å². The maximum Gasteiger partial charge on any atom is 0.191 e. The predicted molar refractivity (Wildman–Crippen MR) is 73.1 cm³/mol. The van der Waals surface area contributed by atoms with E-state index < -0.39 is 8.32 Å². The summed E-state index contributed by atoms with van der Waals surface area (Å²) in [5.41, 5.74) is 1.41. The highest BCUT2D eigenvalue weighted by Gasteiger charge is 2.25. The quantitative estimate of drug-likeness (QED) is 0.673. The second kappa shape index (κ2) is 6.21. The van der Waals surface area contributed by atoms with Crippen LogP contribution in [0.3, 0.4) is 0 Å². The maximum atomic E-state index is 6.22. The molecule has 1 rings (SSSR count). The Morgan fingerprint density at radius 3 is 2.38 bits per heavy atom. The number of rotatable bonds is 6. The van der Waals surface area contributed by atoms with Gasteiger partial charge in [-0.2, -0.15) is 0 Å². The molecule has 0 aliphatic rings. The van der Waals surface area contributed by atoms with Crippen molar-refractivity contribution in [3.05, 3.63) is 35.9 Å². The summed E-state index contributed by atoms with van der Waals surface area (Å²) in [5, 5.41) is 0. The first-order valence-electron chi connectivity index (χ1n) is 6.25. The summed E-state index contributed by atoms with van der Waals surface area (Å²) < 4.78 is 6.22. The SMILES string of the molecule is CCCC(C)O[Si](C)(C)Cc1ccccc1. The molecule has 0 spiro atoms. The third-order valence-corrected chi connectivity index (χ3v) is 4.99. The highest BCUT2D eigenvalue weighted by atomic mass is 28.4. The van der Waals surface area contributed by atoms with E-state index in [4.69, 9.17) is 4.43 Å². The molecular formula is C14H24OSi. The predicted octanol–water partition coefficient (Wildman–Crippen LogP) is 4.18. The van der Waals surface area contributed by atoms with Crippen LogP contribution in [0.2, 0.25) is 13.1 Å². The topological polar surface area (TPSA) is 9.23 Å². The first-order chi connectivity index (χ1) is 7.53. The van der Waals surface area contributed by atoms with E-state index in [1.165, 1.54) is 18.4 Å². The van der Waals surface area contributed by atoms with Crippen LogP contribution in [-0.4, -0.2) is 14.4 Å². The third kappa shape index (κ3) is 4.95. The lowest BCUT2D eigenvalue weighted by Gasteiger charge is -2.27. The maximum absolute atomic E-state index is 6.22. The van der Waals surface area contributed by atoms with Crippen molar-refractivity contribution < 1.29 is 4.43 Å². The Bertz CT molecular complexity index is 295. The van der Waals surface area contributed by atoms with Gasteiger partial charge in [-0.1, -0.05) is 43.7 Å². The molecule has 0 saturated carbocycles. The smallest absolute Gasteiger partial charge is 0.191 e. The van der Waals surface area contributed by atoms with Gasteiger partial charge in [0.25, 0.3) is 0 Å². The van der Waals surface area contributed by atoms with Crippen molar-refractivity contribution in [1.29, 1.82) is 0 Å². The molecule has 0 amide bonds. The van der Waals surface area contributed by atoms with Crippen LogP contribution < -0.4 is 0 Å². The summed E-state index contributed by atoms with van der Waals surface area (Å²) in [6.45, 7) is 9.03. The fourth-order valence-corrected chi connectivity index (χ4v) is 4.65. The zero-order valence-electron chi connectivity index (χ0n) is 11.0. The second-order valence-electron chi connectivity index (χ2n) is 5.14. The molecule has 0 aliphatic heterocycles. The summed E-state index contributed by atoms with van der Waals surface area (Å²) in [7, 11) is -1.54. The highest BCUT2D eigenvalue weighted by Crippen LogP contribution is 2.17. The van der Waals surface area contributed by atoms with Gasteiger partial charge in [-0.05, 0) is 38.0 Å². The molecule has 1 aromatic carbocycles. The summed E-state index contributed by atoms with van der Waals surface area (Å²) in [6.07, 6.45) is 2.79. The summed E-state index contributed by atoms with van der Waals surface area (Å²) in [6, 6.07) is 11.8. The molecule has 0 aliphatic carbocycles. The van der Waals surface area contributed by atoms with Crippen molar-refractivity contribution in [3.8, 4) is 0 Å². The van der Waals surface area contributed by atoms with Gasteiger partial charge < -0.3 is 4.43 Å². The van der Waals surface area contributed by atoms with Crippen LogP contribution >= 0.6 is 0 Å². The van der Waals surface area contributed by atoms with Gasteiger partial charge in [0.05, 0.1) is 0 Å². The van der Waals surface area contributed by atoms with E-state index in [2.05, 4.69) is 57.3 Å². The number of hydrogen-bond acceptors (Lipinski definition) is 1. The van der Waals surface area contributed by atoms with Crippen molar-refractivity contribution in [3.63, 3.8) is 0 Å². The molecule has 2 heteroatoms. The van der Waals surface area contributed by atoms with Crippen LogP contribution in [-0.2, 0) is 10.5 Å². The first-order valence-corrected chi connectivity index (χ1v) is 9.37. The lowest BCUT2D eigenvalue weighted by molar-refractivity contribution is 0.199. The van der Waals surface area contributed by atoms with Crippen molar-refractivity contribution in [2.45, 2.75) is 51.9 Å². The van der Waals surface area contributed by atoms with E-state index in [9.17, 15) is 0 Å². The number of hydrogen-bond donors (Lipinski definition) is 0. The standard InChI is InChI=1S/C14H24OSi/c1-5-9-13(2)15-16(3,4)12-14-10-7-6-8-11-14/h6-8,10-11,13H,5,9,12H2,1-4H3. The largest absolute Gasteiger partial charge is 0.414 e. The minimum absolute atomic E-state index is 0.412. The van der Waals surface area contributed by atoms with E-state index in [1.807, 2.05) is 0 Å². The minimum atomic E-state index is -1.54. The van der Waals surface area contributed by atoms with Gasteiger partial charge in [-0.25, -0.2) is 0 Å². The van der Waals surface area contributed by atoms with Crippen LogP contribution in [0.1, 0.15) is 32.3 Å². The monoisotopic (exact) mass is 236 g/mol. The molecule has 0 fully saturated rings. The van der Waals surface area contributed by atoms with Gasteiger partial charge in [0.1, 0.15) is 0 Å². The van der Waals surface area contributed by atoms with E-state index in [1.54, 1.807) is 0 Å². The lowest BCUT2D eigenvalue weighted by atomic mass is 10.2. The van der Waals surface area contributed by atoms with Gasteiger partial charge >= 0.3 is 0 Å². The third-order valence-electron chi connectivity index (χ3n) is 2.69. The normalized spacial score (nSPS) is 13.8. The molecule has 0 saturated heterocycles. The van der Waals surface area contributed by atoms with Gasteiger partial charge in [0, 0.05) is 6.10 Å². The Hall–Kier alpha value is -0.603. The van der Waals surface area contributed by atoms with E-state index in [-0.39, 0.29) is 0 Å². The van der Waals surface area contributed by atoms with Crippen molar-refractivity contribution in [1.82, 2.24) is 0 Å². The molecule has 1 unspecified atom stereocenters. The summed E-state index contributed by atoms with van der Waals surface area (Å²) >= 11 is 0. The fourth-order valence-electron chi connectivity index (χ4n) is 2.14. The van der Waals surface area contributed by atoms with Crippen LogP contribution in [0, 0.1) is 0 Å². The lowest BCUT2D eigenvalue weighted by Crippen LogP contribution is -2.37. The molecule has 0 radical (unpaired) electrons. The molecule has 1 atom stereocenters. The Labute approximate surface area is 101 Å². The van der Waals surface area contributed by atoms with Gasteiger partial charge in [0.15, 0.2) is 8.32 Å². The Balaban J connectivity index is 2.51. The second-order valence-corrected chi connectivity index (χ2v) is 9.25. The number of benzene rings is 1. The molecule has 1 nitrogen and oxygen atoms in total. The van der Waals surface area contributed by atoms with Crippen molar-refractivity contribution in [2.75, 3.05) is 0 Å². The van der Waals surface area contributed by atoms with E-state index in [0.717, 1.165) is 6.04 Å². The van der Waals surface area contributed by atoms with E-state index >= 15 is 0 Å². The summed E-state index contributed by atoms with van der Waals surface area (Å²) in [4.78, 5) is 0. The molecule has 1 aromatic rings. The minimum Gasteiger partial charge on any atom is -0.414 e. The van der Waals surface area contributed by atoms with Gasteiger partial charge in [-0.3, -0.25) is 0 Å². The molecule has 90 valence electrons. The van der Waals surface area contributed by atoms with Crippen LogP contribution in [0.25, 0.3) is 0 Å². The average Bonchev–Trinajstić information content (AvgIpc) is 2.17. The zero-order valence-corrected chi connectivity index (χ0v) is 12.0. The van der Waals surface area contributed by atoms with Crippen molar-refractivity contribution >= 4 is 8.32 Å². The van der Waals surface area contributed by atoms with Gasteiger partial charge in [-0.15, -0.1) is 0 Å². The summed E-state index contributed by atoms with van der Waals surface area (Å²) in [5.74, 6) is 0. The van der Waals surface area contributed by atoms with Crippen LogP contribution in [0.5, 0.6) is 0 Å². The van der Waals surface area contributed by atoms with Crippen molar-refractivity contribution in [2.24, 2.45) is 0 Å². The molecule has 0 heterocycles. The van der Waals surface area contributed by atoms with Gasteiger partial charge in [0.2, 0.25) is 0 Å². The molecule has 16 heavy (non-hydrogen) atoms. The molecular weight excluding hydrogens is 212 g/mol. The molecule has 0 bridgehead atoms. The average molecular weight is 236 g/mol. The zero-order chi connectivity index (χ0) is 12.0. The van der Waals surface area contributed by atoms with Crippen LogP contribution in [0.15, 0.2) is 30.3 Å². The molecule has 0 aromatic heterocycles. The molecule has 0 N–H and O–H groups in total. The Kier molecular flexibility index (Phi) is 5.23. The Morgan fingerprint density at radius 1 is 1.19 bits per heavy atom.